The molecule has 1 saturated heterocycles. The molecule has 26 heavy (non-hydrogen) atoms. The Hall–Kier alpha value is -2.87. The van der Waals surface area contributed by atoms with Gasteiger partial charge in [-0.1, -0.05) is 18.7 Å². The van der Waals surface area contributed by atoms with Gasteiger partial charge >= 0.3 is 5.97 Å². The Morgan fingerprint density at radius 3 is 2.65 bits per heavy atom. The van der Waals surface area contributed by atoms with Crippen molar-refractivity contribution >= 4 is 35.3 Å². The maximum atomic E-state index is 12.6. The zero-order valence-electron chi connectivity index (χ0n) is 14.9. The van der Waals surface area contributed by atoms with Gasteiger partial charge in [0.05, 0.1) is 14.2 Å². The summed E-state index contributed by atoms with van der Waals surface area (Å²) < 4.78 is 15.4. The average molecular weight is 376 g/mol. The van der Waals surface area contributed by atoms with Crippen molar-refractivity contribution in [3.8, 4) is 11.5 Å². The monoisotopic (exact) mass is 376 g/mol. The van der Waals surface area contributed by atoms with Crippen LogP contribution >= 0.6 is 12.2 Å². The quantitative estimate of drug-likeness (QED) is 0.311. The van der Waals surface area contributed by atoms with Gasteiger partial charge in [-0.2, -0.15) is 0 Å². The Balaban J connectivity index is 2.30. The Kier molecular flexibility index (Phi) is 6.35. The lowest BCUT2D eigenvalue weighted by Crippen LogP contribution is -2.36. The van der Waals surface area contributed by atoms with Crippen LogP contribution in [-0.2, 0) is 14.3 Å². The van der Waals surface area contributed by atoms with Crippen molar-refractivity contribution in [2.24, 2.45) is 0 Å². The molecule has 0 spiro atoms. The molecule has 1 amide bonds. The minimum Gasteiger partial charge on any atom is -0.493 e. The fourth-order valence-corrected chi connectivity index (χ4v) is 2.59. The third-order valence-corrected chi connectivity index (χ3v) is 4.20. The van der Waals surface area contributed by atoms with Crippen LogP contribution in [-0.4, -0.2) is 61.2 Å². The van der Waals surface area contributed by atoms with Crippen LogP contribution in [0.5, 0.6) is 11.5 Å². The predicted octanol–water partition coefficient (Wildman–Crippen LogP) is 1.83. The zero-order chi connectivity index (χ0) is 19.3. The maximum Gasteiger partial charge on any atom is 0.325 e. The highest BCUT2D eigenvalue weighted by atomic mass is 32.1. The molecule has 0 atom stereocenters. The first kappa shape index (κ1) is 19.5. The maximum absolute atomic E-state index is 12.6. The minimum absolute atomic E-state index is 0.229. The molecule has 0 aliphatic carbocycles. The van der Waals surface area contributed by atoms with Gasteiger partial charge in [0.15, 0.2) is 16.6 Å². The molecule has 1 fully saturated rings. The molecular formula is C18H20N2O5S. The second-order valence-corrected chi connectivity index (χ2v) is 5.71. The number of amides is 1. The summed E-state index contributed by atoms with van der Waals surface area (Å²) >= 11 is 5.25. The molecule has 1 aromatic rings. The molecule has 1 aliphatic heterocycles. The number of thiocarbonyl (C=S) groups is 1. The second kappa shape index (κ2) is 8.48. The number of esters is 1. The van der Waals surface area contributed by atoms with E-state index in [0.29, 0.717) is 23.8 Å². The molecule has 8 heteroatoms. The highest BCUT2D eigenvalue weighted by Gasteiger charge is 2.37. The normalized spacial score (nSPS) is 15.4. The highest BCUT2D eigenvalue weighted by molar-refractivity contribution is 7.80. The van der Waals surface area contributed by atoms with Crippen molar-refractivity contribution < 1.29 is 23.8 Å². The summed E-state index contributed by atoms with van der Waals surface area (Å²) in [6.07, 6.45) is 3.31. The van der Waals surface area contributed by atoms with Crippen LogP contribution in [0, 0.1) is 0 Å². The van der Waals surface area contributed by atoms with Crippen molar-refractivity contribution in [2.45, 2.75) is 0 Å². The molecular weight excluding hydrogens is 356 g/mol. The summed E-state index contributed by atoms with van der Waals surface area (Å²) in [7, 11) is 4.46. The molecule has 7 nitrogen and oxygen atoms in total. The molecule has 0 bridgehead atoms. The van der Waals surface area contributed by atoms with E-state index in [2.05, 4.69) is 11.3 Å². The largest absolute Gasteiger partial charge is 0.493 e. The van der Waals surface area contributed by atoms with Gasteiger partial charge in [0, 0.05) is 7.05 Å². The van der Waals surface area contributed by atoms with Gasteiger partial charge in [-0.25, -0.2) is 0 Å². The zero-order valence-corrected chi connectivity index (χ0v) is 15.7. The SMILES string of the molecule is C=CCOc1ccc(/C=C2/C(=O)N(CC(=O)OC)C(=S)N2C)cc1OC. The lowest BCUT2D eigenvalue weighted by atomic mass is 10.1. The first-order chi connectivity index (χ1) is 12.4. The second-order valence-electron chi connectivity index (χ2n) is 5.35. The Labute approximate surface area is 157 Å². The van der Waals surface area contributed by atoms with Gasteiger partial charge in [-0.3, -0.25) is 14.5 Å². The molecule has 0 aromatic heterocycles. The standard InChI is InChI=1S/C18H20N2O5S/c1-5-8-25-14-7-6-12(10-15(14)23-3)9-13-17(22)20(11-16(21)24-4)18(26)19(13)2/h5-7,9-10H,1,8,11H2,2-4H3/b13-9-. The number of hydrogen-bond donors (Lipinski definition) is 0. The smallest absolute Gasteiger partial charge is 0.325 e. The highest BCUT2D eigenvalue weighted by Crippen LogP contribution is 2.30. The molecule has 0 radical (unpaired) electrons. The minimum atomic E-state index is -0.541. The summed E-state index contributed by atoms with van der Waals surface area (Å²) in [5.74, 6) is 0.196. The average Bonchev–Trinajstić information content (AvgIpc) is 2.84. The van der Waals surface area contributed by atoms with E-state index in [9.17, 15) is 9.59 Å². The third kappa shape index (κ3) is 4.02. The molecule has 1 heterocycles. The lowest BCUT2D eigenvalue weighted by Gasteiger charge is -2.14. The number of carbonyl (C=O) groups excluding carboxylic acids is 2. The Bertz CT molecular complexity index is 775. The molecule has 0 N–H and O–H groups in total. The summed E-state index contributed by atoms with van der Waals surface area (Å²) in [4.78, 5) is 26.8. The van der Waals surface area contributed by atoms with Crippen LogP contribution in [0.3, 0.4) is 0 Å². The van der Waals surface area contributed by atoms with E-state index >= 15 is 0 Å². The molecule has 0 unspecified atom stereocenters. The van der Waals surface area contributed by atoms with Crippen LogP contribution in [0.2, 0.25) is 0 Å². The van der Waals surface area contributed by atoms with Crippen molar-refractivity contribution in [3.63, 3.8) is 0 Å². The van der Waals surface area contributed by atoms with E-state index in [4.69, 9.17) is 21.7 Å². The van der Waals surface area contributed by atoms with Crippen molar-refractivity contribution in [1.29, 1.82) is 0 Å². The first-order valence-electron chi connectivity index (χ1n) is 7.72. The molecule has 1 aliphatic rings. The van der Waals surface area contributed by atoms with E-state index < -0.39 is 5.97 Å². The number of nitrogens with zero attached hydrogens (tertiary/aromatic N) is 2. The summed E-state index contributed by atoms with van der Waals surface area (Å²) in [5, 5.41) is 0.240. The predicted molar refractivity (Wildman–Crippen MR) is 101 cm³/mol. The fourth-order valence-electron chi connectivity index (χ4n) is 2.34. The summed E-state index contributed by atoms with van der Waals surface area (Å²) in [6.45, 7) is 3.73. The molecule has 0 saturated carbocycles. The summed E-state index contributed by atoms with van der Waals surface area (Å²) in [5.41, 5.74) is 1.08. The molecule has 1 aromatic carbocycles. The Morgan fingerprint density at radius 1 is 1.31 bits per heavy atom. The van der Waals surface area contributed by atoms with Crippen molar-refractivity contribution in [1.82, 2.24) is 9.80 Å². The first-order valence-corrected chi connectivity index (χ1v) is 8.13. The summed E-state index contributed by atoms with van der Waals surface area (Å²) in [6, 6.07) is 5.29. The number of rotatable bonds is 7. The van der Waals surface area contributed by atoms with Crippen LogP contribution in [0.4, 0.5) is 0 Å². The lowest BCUT2D eigenvalue weighted by molar-refractivity contribution is -0.143. The molecule has 2 rings (SSSR count). The van der Waals surface area contributed by atoms with E-state index in [1.807, 2.05) is 0 Å². The van der Waals surface area contributed by atoms with Crippen LogP contribution in [0.15, 0.2) is 36.6 Å². The number of ether oxygens (including phenoxy) is 3. The van der Waals surface area contributed by atoms with Gasteiger partial charge < -0.3 is 19.1 Å². The van der Waals surface area contributed by atoms with Gasteiger partial charge in [0.25, 0.3) is 5.91 Å². The number of likely N-dealkylation sites (N-methyl/N-ethyl adjacent to an activating group) is 1. The number of benzene rings is 1. The van der Waals surface area contributed by atoms with Crippen LogP contribution < -0.4 is 9.47 Å². The van der Waals surface area contributed by atoms with E-state index in [-0.39, 0.29) is 17.6 Å². The number of hydrogen-bond acceptors (Lipinski definition) is 6. The van der Waals surface area contributed by atoms with Gasteiger partial charge in [0.2, 0.25) is 0 Å². The van der Waals surface area contributed by atoms with Crippen LogP contribution in [0.25, 0.3) is 6.08 Å². The van der Waals surface area contributed by atoms with E-state index in [1.54, 1.807) is 42.3 Å². The Morgan fingerprint density at radius 2 is 2.04 bits per heavy atom. The van der Waals surface area contributed by atoms with E-state index in [0.717, 1.165) is 5.56 Å². The van der Waals surface area contributed by atoms with Gasteiger partial charge in [-0.05, 0) is 36.0 Å². The van der Waals surface area contributed by atoms with Crippen LogP contribution in [0.1, 0.15) is 5.56 Å². The topological polar surface area (TPSA) is 68.3 Å². The van der Waals surface area contributed by atoms with E-state index in [1.165, 1.54) is 19.1 Å². The number of methoxy groups -OCH3 is 2. The number of carbonyl (C=O) groups is 2. The van der Waals surface area contributed by atoms with Gasteiger partial charge in [-0.15, -0.1) is 0 Å². The molecule has 138 valence electrons. The fraction of sp³-hybridized carbons (Fsp3) is 0.278. The third-order valence-electron chi connectivity index (χ3n) is 3.71. The van der Waals surface area contributed by atoms with Gasteiger partial charge in [0.1, 0.15) is 18.8 Å². The van der Waals surface area contributed by atoms with Crippen molar-refractivity contribution in [3.05, 3.63) is 42.1 Å². The van der Waals surface area contributed by atoms with Crippen molar-refractivity contribution in [2.75, 3.05) is 34.4 Å².